The maximum Gasteiger partial charge on any atom is 0.128 e. The summed E-state index contributed by atoms with van der Waals surface area (Å²) in [6.07, 6.45) is 3.94. The molecule has 1 aromatic rings. The van der Waals surface area contributed by atoms with Crippen molar-refractivity contribution in [3.63, 3.8) is 0 Å². The van der Waals surface area contributed by atoms with Crippen LogP contribution in [0.25, 0.3) is 0 Å². The number of nitrogens with one attached hydrogen (secondary N) is 2. The average Bonchev–Trinajstić information content (AvgIpc) is 2.89. The van der Waals surface area contributed by atoms with Crippen LogP contribution in [0.1, 0.15) is 26.2 Å². The maximum absolute atomic E-state index is 4.50. The van der Waals surface area contributed by atoms with Gasteiger partial charge in [-0.3, -0.25) is 0 Å². The summed E-state index contributed by atoms with van der Waals surface area (Å²) in [5.74, 6) is 1.91. The minimum absolute atomic E-state index is 0.908. The largest absolute Gasteiger partial charge is 0.370 e. The highest BCUT2D eigenvalue weighted by Crippen LogP contribution is 2.10. The minimum atomic E-state index is 0.908. The van der Waals surface area contributed by atoms with Crippen molar-refractivity contribution in [1.82, 2.24) is 9.88 Å². The second-order valence-electron chi connectivity index (χ2n) is 4.77. The van der Waals surface area contributed by atoms with E-state index in [-0.39, 0.29) is 0 Å². The molecule has 4 nitrogen and oxygen atoms in total. The Kier molecular flexibility index (Phi) is 5.27. The molecule has 0 spiro atoms. The zero-order valence-corrected chi connectivity index (χ0v) is 11.3. The molecular weight excluding hydrogens is 224 g/mol. The van der Waals surface area contributed by atoms with Crippen molar-refractivity contribution >= 4 is 11.6 Å². The topological polar surface area (TPSA) is 40.2 Å². The van der Waals surface area contributed by atoms with Gasteiger partial charge in [0.25, 0.3) is 0 Å². The van der Waals surface area contributed by atoms with Crippen LogP contribution in [0.3, 0.4) is 0 Å². The summed E-state index contributed by atoms with van der Waals surface area (Å²) in [6, 6.07) is 6.06. The fraction of sp³-hybridized carbons (Fsp3) is 0.643. The first-order valence-electron chi connectivity index (χ1n) is 7.05. The molecule has 2 heterocycles. The van der Waals surface area contributed by atoms with Crippen LogP contribution in [0.15, 0.2) is 18.2 Å². The van der Waals surface area contributed by atoms with Gasteiger partial charge >= 0.3 is 0 Å². The molecule has 1 aromatic heterocycles. The van der Waals surface area contributed by atoms with Gasteiger partial charge in [0.15, 0.2) is 0 Å². The third-order valence-corrected chi connectivity index (χ3v) is 3.26. The Hall–Kier alpha value is -1.29. The monoisotopic (exact) mass is 248 g/mol. The number of likely N-dealkylation sites (tertiary alicyclic amines) is 1. The zero-order valence-electron chi connectivity index (χ0n) is 11.3. The lowest BCUT2D eigenvalue weighted by molar-refractivity contribution is 0.337. The number of pyridine rings is 1. The van der Waals surface area contributed by atoms with Crippen molar-refractivity contribution < 1.29 is 0 Å². The van der Waals surface area contributed by atoms with Gasteiger partial charge in [0.1, 0.15) is 11.6 Å². The van der Waals surface area contributed by atoms with Crippen molar-refractivity contribution in [1.29, 1.82) is 0 Å². The molecular formula is C14H24N4. The third kappa shape index (κ3) is 4.18. The SMILES string of the molecule is CCNc1cccc(NCCCN2CCCC2)n1. The second kappa shape index (κ2) is 7.21. The Bertz CT molecular complexity index is 347. The Morgan fingerprint density at radius 2 is 1.89 bits per heavy atom. The summed E-state index contributed by atoms with van der Waals surface area (Å²) < 4.78 is 0. The molecule has 0 unspecified atom stereocenters. The summed E-state index contributed by atoms with van der Waals surface area (Å²) in [5, 5.41) is 6.61. The predicted octanol–water partition coefficient (Wildman–Crippen LogP) is 2.41. The molecule has 100 valence electrons. The molecule has 2 rings (SSSR count). The van der Waals surface area contributed by atoms with E-state index >= 15 is 0 Å². The molecule has 0 saturated carbocycles. The van der Waals surface area contributed by atoms with Crippen LogP contribution in [0.2, 0.25) is 0 Å². The van der Waals surface area contributed by atoms with Gasteiger partial charge in [-0.1, -0.05) is 6.07 Å². The van der Waals surface area contributed by atoms with E-state index in [4.69, 9.17) is 0 Å². The van der Waals surface area contributed by atoms with Crippen LogP contribution < -0.4 is 10.6 Å². The average molecular weight is 248 g/mol. The fourth-order valence-electron chi connectivity index (χ4n) is 2.34. The molecule has 0 aromatic carbocycles. The number of nitrogens with zero attached hydrogens (tertiary/aromatic N) is 2. The van der Waals surface area contributed by atoms with Crippen molar-refractivity contribution in [2.24, 2.45) is 0 Å². The number of rotatable bonds is 7. The highest BCUT2D eigenvalue weighted by molar-refractivity contribution is 5.44. The van der Waals surface area contributed by atoms with Crippen LogP contribution in [0.4, 0.5) is 11.6 Å². The van der Waals surface area contributed by atoms with E-state index in [1.165, 1.54) is 38.9 Å². The molecule has 4 heteroatoms. The number of hydrogen-bond donors (Lipinski definition) is 2. The smallest absolute Gasteiger partial charge is 0.128 e. The van der Waals surface area contributed by atoms with Gasteiger partial charge in [-0.2, -0.15) is 0 Å². The minimum Gasteiger partial charge on any atom is -0.370 e. The van der Waals surface area contributed by atoms with Crippen LogP contribution in [0.5, 0.6) is 0 Å². The van der Waals surface area contributed by atoms with Gasteiger partial charge in [-0.25, -0.2) is 4.98 Å². The van der Waals surface area contributed by atoms with Crippen LogP contribution in [-0.2, 0) is 0 Å². The van der Waals surface area contributed by atoms with Crippen LogP contribution in [0, 0.1) is 0 Å². The molecule has 0 amide bonds. The Morgan fingerprint density at radius 1 is 1.17 bits per heavy atom. The van der Waals surface area contributed by atoms with E-state index in [1.807, 2.05) is 18.2 Å². The van der Waals surface area contributed by atoms with Gasteiger partial charge in [0.2, 0.25) is 0 Å². The predicted molar refractivity (Wildman–Crippen MR) is 77.2 cm³/mol. The van der Waals surface area contributed by atoms with E-state index in [1.54, 1.807) is 0 Å². The van der Waals surface area contributed by atoms with Gasteiger partial charge in [0, 0.05) is 13.1 Å². The number of anilines is 2. The summed E-state index contributed by atoms with van der Waals surface area (Å²) in [5.41, 5.74) is 0. The lowest BCUT2D eigenvalue weighted by Crippen LogP contribution is -2.22. The standard InChI is InChI=1S/C14H24N4/c1-2-15-13-7-5-8-14(17-13)16-9-6-12-18-10-3-4-11-18/h5,7-8H,2-4,6,9-12H2,1H3,(H2,15,16,17). The number of aromatic nitrogens is 1. The Morgan fingerprint density at radius 3 is 2.61 bits per heavy atom. The van der Waals surface area contributed by atoms with Gasteiger partial charge in [-0.05, 0) is 58.0 Å². The lowest BCUT2D eigenvalue weighted by Gasteiger charge is -2.14. The zero-order chi connectivity index (χ0) is 12.6. The molecule has 18 heavy (non-hydrogen) atoms. The van der Waals surface area contributed by atoms with E-state index in [0.717, 1.165) is 24.7 Å². The Labute approximate surface area is 110 Å². The normalized spacial score (nSPS) is 15.8. The first kappa shape index (κ1) is 13.1. The van der Waals surface area contributed by atoms with Crippen molar-refractivity contribution in [3.8, 4) is 0 Å². The third-order valence-electron chi connectivity index (χ3n) is 3.26. The number of hydrogen-bond acceptors (Lipinski definition) is 4. The molecule has 0 atom stereocenters. The van der Waals surface area contributed by atoms with E-state index in [9.17, 15) is 0 Å². The van der Waals surface area contributed by atoms with Crippen molar-refractivity contribution in [3.05, 3.63) is 18.2 Å². The molecule has 1 aliphatic rings. The summed E-state index contributed by atoms with van der Waals surface area (Å²) in [6.45, 7) is 7.77. The van der Waals surface area contributed by atoms with Crippen molar-refractivity contribution in [2.75, 3.05) is 43.4 Å². The highest BCUT2D eigenvalue weighted by Gasteiger charge is 2.09. The molecule has 0 aliphatic carbocycles. The van der Waals surface area contributed by atoms with Gasteiger partial charge in [0.05, 0.1) is 0 Å². The fourth-order valence-corrected chi connectivity index (χ4v) is 2.34. The quantitative estimate of drug-likeness (QED) is 0.727. The lowest BCUT2D eigenvalue weighted by atomic mass is 10.3. The van der Waals surface area contributed by atoms with Crippen molar-refractivity contribution in [2.45, 2.75) is 26.2 Å². The van der Waals surface area contributed by atoms with E-state index < -0.39 is 0 Å². The molecule has 2 N–H and O–H groups in total. The molecule has 1 aliphatic heterocycles. The maximum atomic E-state index is 4.50. The van der Waals surface area contributed by atoms with Crippen LogP contribution >= 0.6 is 0 Å². The molecule has 1 saturated heterocycles. The second-order valence-corrected chi connectivity index (χ2v) is 4.77. The summed E-state index contributed by atoms with van der Waals surface area (Å²) in [4.78, 5) is 7.04. The molecule has 0 radical (unpaired) electrons. The highest BCUT2D eigenvalue weighted by atomic mass is 15.1. The van der Waals surface area contributed by atoms with E-state index in [2.05, 4.69) is 27.4 Å². The molecule has 0 bridgehead atoms. The van der Waals surface area contributed by atoms with Crippen LogP contribution in [-0.4, -0.2) is 42.6 Å². The molecule has 1 fully saturated rings. The summed E-state index contributed by atoms with van der Waals surface area (Å²) in [7, 11) is 0. The Balaban J connectivity index is 1.67. The first-order chi connectivity index (χ1) is 8.88. The van der Waals surface area contributed by atoms with E-state index in [0.29, 0.717) is 0 Å². The van der Waals surface area contributed by atoms with Gasteiger partial charge < -0.3 is 15.5 Å². The van der Waals surface area contributed by atoms with Gasteiger partial charge in [-0.15, -0.1) is 0 Å². The first-order valence-corrected chi connectivity index (χ1v) is 7.05. The summed E-state index contributed by atoms with van der Waals surface area (Å²) >= 11 is 0.